The number of fused-ring (bicyclic) bond motifs is 1. The molecule has 3 aromatic rings. The van der Waals surface area contributed by atoms with Gasteiger partial charge in [-0.2, -0.15) is 5.10 Å². The van der Waals surface area contributed by atoms with Crippen LogP contribution in [0, 0.1) is 0 Å². The average molecular weight is 404 g/mol. The van der Waals surface area contributed by atoms with Crippen LogP contribution in [-0.2, 0) is 6.42 Å². The number of benzene rings is 2. The van der Waals surface area contributed by atoms with E-state index in [1.807, 2.05) is 16.8 Å². The molecule has 1 aromatic heterocycles. The summed E-state index contributed by atoms with van der Waals surface area (Å²) in [5.41, 5.74) is 4.30. The van der Waals surface area contributed by atoms with Crippen molar-refractivity contribution in [3.05, 3.63) is 58.1 Å². The standard InChI is InChI=1S/C20H19Cl2N3S/c1-26-18-8-3-2-6-14(18)19-15-7-4-5-11-23-20(15)25(24-19)17-10-9-13(21)12-16(17)22/h2-3,6,8-10,12,23H,4-5,7,11H2,1H3. The molecule has 0 bridgehead atoms. The van der Waals surface area contributed by atoms with E-state index in [9.17, 15) is 0 Å². The fraction of sp³-hybridized carbons (Fsp3) is 0.250. The van der Waals surface area contributed by atoms with Crippen molar-refractivity contribution in [1.29, 1.82) is 0 Å². The van der Waals surface area contributed by atoms with Gasteiger partial charge in [-0.1, -0.05) is 41.4 Å². The second kappa shape index (κ2) is 7.55. The summed E-state index contributed by atoms with van der Waals surface area (Å²) < 4.78 is 1.94. The molecule has 1 aliphatic heterocycles. The number of aromatic nitrogens is 2. The predicted octanol–water partition coefficient (Wildman–Crippen LogP) is 6.32. The predicted molar refractivity (Wildman–Crippen MR) is 112 cm³/mol. The number of thioether (sulfide) groups is 1. The summed E-state index contributed by atoms with van der Waals surface area (Å²) in [5, 5.41) is 9.77. The van der Waals surface area contributed by atoms with Gasteiger partial charge in [-0.05, 0) is 49.8 Å². The van der Waals surface area contributed by atoms with Crippen molar-refractivity contribution in [3.63, 3.8) is 0 Å². The van der Waals surface area contributed by atoms with Crippen LogP contribution in [0.2, 0.25) is 10.0 Å². The van der Waals surface area contributed by atoms with Crippen LogP contribution in [0.15, 0.2) is 47.4 Å². The van der Waals surface area contributed by atoms with Crippen LogP contribution >= 0.6 is 35.0 Å². The number of hydrogen-bond acceptors (Lipinski definition) is 3. The molecule has 1 aliphatic rings. The second-order valence-electron chi connectivity index (χ2n) is 6.27. The summed E-state index contributed by atoms with van der Waals surface area (Å²) in [6.45, 7) is 0.938. The van der Waals surface area contributed by atoms with E-state index in [4.69, 9.17) is 28.3 Å². The molecule has 6 heteroatoms. The van der Waals surface area contributed by atoms with Gasteiger partial charge in [0.1, 0.15) is 5.82 Å². The lowest BCUT2D eigenvalue weighted by Crippen LogP contribution is -2.07. The summed E-state index contributed by atoms with van der Waals surface area (Å²) in [6.07, 6.45) is 5.40. The minimum atomic E-state index is 0.596. The molecular formula is C20H19Cl2N3S. The van der Waals surface area contributed by atoms with E-state index in [1.54, 1.807) is 17.8 Å². The highest BCUT2D eigenvalue weighted by Gasteiger charge is 2.23. The quantitative estimate of drug-likeness (QED) is 0.519. The van der Waals surface area contributed by atoms with Crippen LogP contribution in [0.5, 0.6) is 0 Å². The Morgan fingerprint density at radius 1 is 1.12 bits per heavy atom. The monoisotopic (exact) mass is 403 g/mol. The molecule has 0 aliphatic carbocycles. The Hall–Kier alpha value is -1.62. The van der Waals surface area contributed by atoms with E-state index >= 15 is 0 Å². The third-order valence-electron chi connectivity index (χ3n) is 4.63. The van der Waals surface area contributed by atoms with Crippen LogP contribution in [-0.4, -0.2) is 22.6 Å². The minimum absolute atomic E-state index is 0.596. The highest BCUT2D eigenvalue weighted by Crippen LogP contribution is 2.38. The number of rotatable bonds is 3. The van der Waals surface area contributed by atoms with Crippen molar-refractivity contribution >= 4 is 40.8 Å². The van der Waals surface area contributed by atoms with Gasteiger partial charge in [0.25, 0.3) is 0 Å². The maximum atomic E-state index is 6.48. The molecule has 134 valence electrons. The summed E-state index contributed by atoms with van der Waals surface area (Å²) in [5.74, 6) is 1.04. The first-order chi connectivity index (χ1) is 12.7. The Morgan fingerprint density at radius 2 is 1.96 bits per heavy atom. The molecule has 0 atom stereocenters. The Morgan fingerprint density at radius 3 is 2.77 bits per heavy atom. The van der Waals surface area contributed by atoms with Gasteiger partial charge in [0.15, 0.2) is 0 Å². The molecule has 0 fully saturated rings. The van der Waals surface area contributed by atoms with Crippen LogP contribution in [0.4, 0.5) is 5.82 Å². The fourth-order valence-electron chi connectivity index (χ4n) is 3.39. The third kappa shape index (κ3) is 3.22. The van der Waals surface area contributed by atoms with E-state index < -0.39 is 0 Å². The number of anilines is 1. The Kier molecular flexibility index (Phi) is 5.16. The van der Waals surface area contributed by atoms with Crippen LogP contribution in [0.3, 0.4) is 0 Å². The molecule has 1 N–H and O–H groups in total. The van der Waals surface area contributed by atoms with E-state index in [0.29, 0.717) is 10.0 Å². The van der Waals surface area contributed by atoms with Crippen LogP contribution < -0.4 is 5.32 Å². The van der Waals surface area contributed by atoms with Crippen molar-refractivity contribution < 1.29 is 0 Å². The summed E-state index contributed by atoms with van der Waals surface area (Å²) in [7, 11) is 0. The van der Waals surface area contributed by atoms with Crippen molar-refractivity contribution in [2.75, 3.05) is 18.1 Å². The minimum Gasteiger partial charge on any atom is -0.370 e. The molecule has 26 heavy (non-hydrogen) atoms. The smallest absolute Gasteiger partial charge is 0.133 e. The lowest BCUT2D eigenvalue weighted by Gasteiger charge is -2.10. The summed E-state index contributed by atoms with van der Waals surface area (Å²) in [4.78, 5) is 1.23. The third-order valence-corrected chi connectivity index (χ3v) is 5.96. The number of nitrogens with one attached hydrogen (secondary N) is 1. The average Bonchev–Trinajstić information content (AvgIpc) is 2.83. The molecule has 0 saturated heterocycles. The maximum absolute atomic E-state index is 6.48. The van der Waals surface area contributed by atoms with Gasteiger partial charge in [-0.15, -0.1) is 11.8 Å². The van der Waals surface area contributed by atoms with Gasteiger partial charge >= 0.3 is 0 Å². The van der Waals surface area contributed by atoms with E-state index in [1.165, 1.54) is 16.0 Å². The Bertz CT molecular complexity index is 952. The van der Waals surface area contributed by atoms with Gasteiger partial charge in [0.05, 0.1) is 16.4 Å². The molecular weight excluding hydrogens is 385 g/mol. The molecule has 2 heterocycles. The van der Waals surface area contributed by atoms with Crippen molar-refractivity contribution in [2.45, 2.75) is 24.2 Å². The van der Waals surface area contributed by atoms with Gasteiger partial charge in [0.2, 0.25) is 0 Å². The second-order valence-corrected chi connectivity index (χ2v) is 7.96. The first-order valence-corrected chi connectivity index (χ1v) is 10.6. The largest absolute Gasteiger partial charge is 0.370 e. The maximum Gasteiger partial charge on any atom is 0.133 e. The molecule has 0 unspecified atom stereocenters. The fourth-order valence-corrected chi connectivity index (χ4v) is 4.47. The molecule has 4 rings (SSSR count). The van der Waals surface area contributed by atoms with Gasteiger partial charge < -0.3 is 5.32 Å². The first-order valence-electron chi connectivity index (χ1n) is 8.63. The van der Waals surface area contributed by atoms with Crippen molar-refractivity contribution in [3.8, 4) is 16.9 Å². The van der Waals surface area contributed by atoms with Crippen molar-refractivity contribution in [1.82, 2.24) is 9.78 Å². The molecule has 0 amide bonds. The molecule has 0 spiro atoms. The SMILES string of the molecule is CSc1ccccc1-c1nn(-c2ccc(Cl)cc2Cl)c2c1CCCCN2. The van der Waals surface area contributed by atoms with Crippen LogP contribution in [0.1, 0.15) is 18.4 Å². The first kappa shape index (κ1) is 17.8. The van der Waals surface area contributed by atoms with E-state index in [-0.39, 0.29) is 0 Å². The van der Waals surface area contributed by atoms with Gasteiger partial charge in [0, 0.05) is 27.6 Å². The summed E-state index contributed by atoms with van der Waals surface area (Å²) in [6, 6.07) is 14.0. The Labute approximate surface area is 167 Å². The zero-order chi connectivity index (χ0) is 18.1. The normalized spacial score (nSPS) is 13.8. The van der Waals surface area contributed by atoms with Crippen LogP contribution in [0.25, 0.3) is 16.9 Å². The van der Waals surface area contributed by atoms with E-state index in [0.717, 1.165) is 43.0 Å². The van der Waals surface area contributed by atoms with Gasteiger partial charge in [-0.3, -0.25) is 0 Å². The molecule has 0 radical (unpaired) electrons. The molecule has 2 aromatic carbocycles. The highest BCUT2D eigenvalue weighted by atomic mass is 35.5. The molecule has 0 saturated carbocycles. The number of hydrogen-bond donors (Lipinski definition) is 1. The lowest BCUT2D eigenvalue weighted by molar-refractivity contribution is 0.779. The number of halogens is 2. The molecule has 3 nitrogen and oxygen atoms in total. The zero-order valence-electron chi connectivity index (χ0n) is 14.4. The topological polar surface area (TPSA) is 29.9 Å². The van der Waals surface area contributed by atoms with E-state index in [2.05, 4.69) is 35.8 Å². The lowest BCUT2D eigenvalue weighted by atomic mass is 10.0. The highest BCUT2D eigenvalue weighted by molar-refractivity contribution is 7.98. The van der Waals surface area contributed by atoms with Crippen molar-refractivity contribution in [2.24, 2.45) is 0 Å². The Balaban J connectivity index is 1.95. The van der Waals surface area contributed by atoms with Gasteiger partial charge in [-0.25, -0.2) is 4.68 Å². The summed E-state index contributed by atoms with van der Waals surface area (Å²) >= 11 is 14.3. The number of nitrogens with zero attached hydrogens (tertiary/aromatic N) is 2. The zero-order valence-corrected chi connectivity index (χ0v) is 16.8.